The standard InChI is InChI=1S/C17H16N4O/c1-22-13-4-2-3-12(9-13)21-17(19)15-8-10-7-11(18)5-6-14(10)16(15)20-21/h2-7,9H,8,18-19H2,1H3. The predicted octanol–water partition coefficient (Wildman–Crippen LogP) is 2.62. The highest BCUT2D eigenvalue weighted by molar-refractivity contribution is 5.79. The first kappa shape index (κ1) is 12.8. The van der Waals surface area contributed by atoms with Crippen LogP contribution in [0, 0.1) is 0 Å². The highest BCUT2D eigenvalue weighted by Gasteiger charge is 2.26. The van der Waals surface area contributed by atoms with Gasteiger partial charge in [-0.3, -0.25) is 0 Å². The lowest BCUT2D eigenvalue weighted by atomic mass is 10.1. The van der Waals surface area contributed by atoms with Gasteiger partial charge in [0.1, 0.15) is 11.6 Å². The van der Waals surface area contributed by atoms with Gasteiger partial charge in [0.25, 0.3) is 0 Å². The van der Waals surface area contributed by atoms with Crippen molar-refractivity contribution in [3.63, 3.8) is 0 Å². The molecule has 110 valence electrons. The number of nitrogens with two attached hydrogens (primary N) is 2. The number of hydrogen-bond donors (Lipinski definition) is 2. The van der Waals surface area contributed by atoms with Crippen molar-refractivity contribution in [1.29, 1.82) is 0 Å². The number of ether oxygens (including phenoxy) is 1. The van der Waals surface area contributed by atoms with Crippen LogP contribution < -0.4 is 16.2 Å². The summed E-state index contributed by atoms with van der Waals surface area (Å²) in [5.74, 6) is 1.44. The zero-order valence-electron chi connectivity index (χ0n) is 12.2. The minimum Gasteiger partial charge on any atom is -0.497 e. The Morgan fingerprint density at radius 3 is 2.82 bits per heavy atom. The van der Waals surface area contributed by atoms with Crippen molar-refractivity contribution < 1.29 is 4.74 Å². The average molecular weight is 292 g/mol. The van der Waals surface area contributed by atoms with Gasteiger partial charge in [-0.15, -0.1) is 0 Å². The maximum Gasteiger partial charge on any atom is 0.131 e. The van der Waals surface area contributed by atoms with Crippen molar-refractivity contribution in [3.05, 3.63) is 53.6 Å². The minimum absolute atomic E-state index is 0.665. The van der Waals surface area contributed by atoms with Crippen LogP contribution in [0.5, 0.6) is 5.75 Å². The molecule has 0 unspecified atom stereocenters. The maximum absolute atomic E-state index is 6.32. The molecule has 4 rings (SSSR count). The van der Waals surface area contributed by atoms with E-state index in [1.165, 1.54) is 5.56 Å². The quantitative estimate of drug-likeness (QED) is 0.557. The minimum atomic E-state index is 0.665. The maximum atomic E-state index is 6.32. The Labute approximate surface area is 128 Å². The fourth-order valence-electron chi connectivity index (χ4n) is 2.97. The summed E-state index contributed by atoms with van der Waals surface area (Å²) in [6, 6.07) is 13.6. The molecule has 4 N–H and O–H groups in total. The molecule has 1 heterocycles. The molecule has 0 radical (unpaired) electrons. The topological polar surface area (TPSA) is 79.1 Å². The van der Waals surface area contributed by atoms with Gasteiger partial charge in [0.05, 0.1) is 18.5 Å². The Morgan fingerprint density at radius 2 is 2.00 bits per heavy atom. The van der Waals surface area contributed by atoms with Gasteiger partial charge in [0, 0.05) is 29.3 Å². The highest BCUT2D eigenvalue weighted by atomic mass is 16.5. The van der Waals surface area contributed by atoms with Crippen LogP contribution in [0.1, 0.15) is 11.1 Å². The third-order valence-corrected chi connectivity index (χ3v) is 4.07. The van der Waals surface area contributed by atoms with E-state index in [-0.39, 0.29) is 0 Å². The van der Waals surface area contributed by atoms with Crippen molar-refractivity contribution in [2.75, 3.05) is 18.6 Å². The van der Waals surface area contributed by atoms with Crippen LogP contribution in [0.2, 0.25) is 0 Å². The molecule has 0 saturated carbocycles. The molecule has 0 saturated heterocycles. The Kier molecular flexibility index (Phi) is 2.63. The normalized spacial score (nSPS) is 12.0. The van der Waals surface area contributed by atoms with Crippen molar-refractivity contribution in [1.82, 2.24) is 9.78 Å². The molecule has 0 spiro atoms. The van der Waals surface area contributed by atoms with E-state index in [1.807, 2.05) is 42.5 Å². The summed E-state index contributed by atoms with van der Waals surface area (Å²) in [7, 11) is 1.65. The number of nitrogens with zero attached hydrogens (tertiary/aromatic N) is 2. The van der Waals surface area contributed by atoms with Crippen LogP contribution in [-0.2, 0) is 6.42 Å². The van der Waals surface area contributed by atoms with Gasteiger partial charge >= 0.3 is 0 Å². The van der Waals surface area contributed by atoms with Crippen LogP contribution in [-0.4, -0.2) is 16.9 Å². The second kappa shape index (κ2) is 4.53. The first-order valence-electron chi connectivity index (χ1n) is 7.08. The van der Waals surface area contributed by atoms with Crippen LogP contribution in [0.3, 0.4) is 0 Å². The van der Waals surface area contributed by atoms with E-state index in [2.05, 4.69) is 0 Å². The van der Waals surface area contributed by atoms with Crippen LogP contribution in [0.25, 0.3) is 16.9 Å². The van der Waals surface area contributed by atoms with Gasteiger partial charge in [0.2, 0.25) is 0 Å². The monoisotopic (exact) mass is 292 g/mol. The number of aromatic nitrogens is 2. The van der Waals surface area contributed by atoms with Crippen molar-refractivity contribution >= 4 is 11.5 Å². The summed E-state index contributed by atoms with van der Waals surface area (Å²) in [4.78, 5) is 0. The van der Waals surface area contributed by atoms with Gasteiger partial charge in [0.15, 0.2) is 0 Å². The number of rotatable bonds is 2. The molecule has 22 heavy (non-hydrogen) atoms. The lowest BCUT2D eigenvalue weighted by Gasteiger charge is -2.08. The summed E-state index contributed by atoms with van der Waals surface area (Å²) in [6.45, 7) is 0. The van der Waals surface area contributed by atoms with Crippen molar-refractivity contribution in [2.24, 2.45) is 0 Å². The zero-order valence-corrected chi connectivity index (χ0v) is 12.2. The Morgan fingerprint density at radius 1 is 1.14 bits per heavy atom. The van der Waals surface area contributed by atoms with Gasteiger partial charge < -0.3 is 16.2 Å². The number of anilines is 2. The summed E-state index contributed by atoms with van der Waals surface area (Å²) < 4.78 is 7.04. The molecule has 0 aliphatic heterocycles. The average Bonchev–Trinajstić information content (AvgIpc) is 3.04. The number of nitrogen functional groups attached to an aromatic ring is 2. The third-order valence-electron chi connectivity index (χ3n) is 4.07. The number of hydrogen-bond acceptors (Lipinski definition) is 4. The van der Waals surface area contributed by atoms with E-state index in [9.17, 15) is 0 Å². The predicted molar refractivity (Wildman–Crippen MR) is 87.2 cm³/mol. The van der Waals surface area contributed by atoms with Crippen LogP contribution in [0.15, 0.2) is 42.5 Å². The summed E-state index contributed by atoms with van der Waals surface area (Å²) in [5, 5.41) is 4.70. The number of fused-ring (bicyclic) bond motifs is 3. The first-order valence-corrected chi connectivity index (χ1v) is 7.08. The van der Waals surface area contributed by atoms with E-state index >= 15 is 0 Å². The molecule has 0 atom stereocenters. The molecule has 0 bridgehead atoms. The molecule has 3 aromatic rings. The Hall–Kier alpha value is -2.95. The summed E-state index contributed by atoms with van der Waals surface area (Å²) >= 11 is 0. The third kappa shape index (κ3) is 1.75. The Bertz CT molecular complexity index is 882. The molecular weight excluding hydrogens is 276 g/mol. The largest absolute Gasteiger partial charge is 0.497 e. The molecule has 5 heteroatoms. The highest BCUT2D eigenvalue weighted by Crippen LogP contribution is 2.40. The molecule has 1 aliphatic rings. The van der Waals surface area contributed by atoms with Crippen molar-refractivity contribution in [3.8, 4) is 22.7 Å². The molecular formula is C17H16N4O. The van der Waals surface area contributed by atoms with E-state index in [4.69, 9.17) is 21.3 Å². The first-order chi connectivity index (χ1) is 10.7. The Balaban J connectivity index is 1.86. The van der Waals surface area contributed by atoms with E-state index < -0.39 is 0 Å². The van der Waals surface area contributed by atoms with Crippen molar-refractivity contribution in [2.45, 2.75) is 6.42 Å². The summed E-state index contributed by atoms with van der Waals surface area (Å²) in [5.41, 5.74) is 18.1. The smallest absolute Gasteiger partial charge is 0.131 e. The molecule has 0 fully saturated rings. The van der Waals surface area contributed by atoms with Gasteiger partial charge in [-0.05, 0) is 29.8 Å². The van der Waals surface area contributed by atoms with E-state index in [0.717, 1.165) is 40.4 Å². The summed E-state index contributed by atoms with van der Waals surface area (Å²) in [6.07, 6.45) is 0.769. The number of methoxy groups -OCH3 is 1. The van der Waals surface area contributed by atoms with Gasteiger partial charge in [-0.2, -0.15) is 5.10 Å². The fourth-order valence-corrected chi connectivity index (χ4v) is 2.97. The molecule has 2 aromatic carbocycles. The van der Waals surface area contributed by atoms with Crippen LogP contribution in [0.4, 0.5) is 11.5 Å². The van der Waals surface area contributed by atoms with Crippen LogP contribution >= 0.6 is 0 Å². The van der Waals surface area contributed by atoms with E-state index in [1.54, 1.807) is 11.8 Å². The second-order valence-electron chi connectivity index (χ2n) is 5.42. The zero-order chi connectivity index (χ0) is 15.3. The molecule has 1 aliphatic carbocycles. The molecule has 1 aromatic heterocycles. The fraction of sp³-hybridized carbons (Fsp3) is 0.118. The second-order valence-corrected chi connectivity index (χ2v) is 5.42. The molecule has 5 nitrogen and oxygen atoms in total. The lowest BCUT2D eigenvalue weighted by molar-refractivity contribution is 0.414. The lowest BCUT2D eigenvalue weighted by Crippen LogP contribution is -2.04. The molecule has 0 amide bonds. The van der Waals surface area contributed by atoms with Gasteiger partial charge in [-0.25, -0.2) is 4.68 Å². The van der Waals surface area contributed by atoms with E-state index in [0.29, 0.717) is 5.82 Å². The number of benzene rings is 2. The SMILES string of the molecule is COc1cccc(-n2nc3c(c2N)Cc2cc(N)ccc2-3)c1. The van der Waals surface area contributed by atoms with Gasteiger partial charge in [-0.1, -0.05) is 12.1 Å².